The van der Waals surface area contributed by atoms with Crippen molar-refractivity contribution in [3.63, 3.8) is 0 Å². The van der Waals surface area contributed by atoms with E-state index in [0.717, 1.165) is 18.7 Å². The molecule has 0 aliphatic rings. The molecule has 0 saturated carbocycles. The van der Waals surface area contributed by atoms with Crippen LogP contribution in [0.4, 0.5) is 0 Å². The Kier molecular flexibility index (Phi) is 4.69. The summed E-state index contributed by atoms with van der Waals surface area (Å²) < 4.78 is 0.236. The zero-order valence-corrected chi connectivity index (χ0v) is 11.3. The number of aryl methyl sites for hydroxylation is 1. The van der Waals surface area contributed by atoms with Crippen molar-refractivity contribution >= 4 is 11.8 Å². The summed E-state index contributed by atoms with van der Waals surface area (Å²) >= 11 is 1.84. The highest BCUT2D eigenvalue weighted by atomic mass is 32.2. The highest BCUT2D eigenvalue weighted by Crippen LogP contribution is 2.21. The van der Waals surface area contributed by atoms with E-state index in [1.165, 1.54) is 5.56 Å². The van der Waals surface area contributed by atoms with Crippen LogP contribution in [-0.2, 0) is 6.54 Å². The molecule has 0 aromatic heterocycles. The first-order valence-corrected chi connectivity index (χ1v) is 6.71. The van der Waals surface area contributed by atoms with Gasteiger partial charge in [-0.2, -0.15) is 11.8 Å². The molecule has 2 nitrogen and oxygen atoms in total. The predicted octanol–water partition coefficient (Wildman–Crippen LogP) is 2.93. The number of phenolic OH excluding ortho intramolecular Hbond substituents is 1. The highest BCUT2D eigenvalue weighted by molar-refractivity contribution is 7.99. The molecule has 0 atom stereocenters. The van der Waals surface area contributed by atoms with Gasteiger partial charge in [0.05, 0.1) is 0 Å². The van der Waals surface area contributed by atoms with Gasteiger partial charge in [0.1, 0.15) is 5.75 Å². The van der Waals surface area contributed by atoms with E-state index in [0.29, 0.717) is 5.75 Å². The third-order valence-corrected chi connectivity index (χ3v) is 3.90. The van der Waals surface area contributed by atoms with E-state index in [2.05, 4.69) is 25.4 Å². The Labute approximate surface area is 102 Å². The molecule has 0 heterocycles. The largest absolute Gasteiger partial charge is 0.508 e. The first-order valence-electron chi connectivity index (χ1n) is 5.49. The molecule has 0 radical (unpaired) electrons. The molecule has 1 aromatic carbocycles. The third kappa shape index (κ3) is 4.06. The number of thioether (sulfide) groups is 1. The SMILES string of the molecule is CSC(C)(C)CNCc1cc(C)ccc1O. The van der Waals surface area contributed by atoms with E-state index in [4.69, 9.17) is 0 Å². The predicted molar refractivity (Wildman–Crippen MR) is 72.1 cm³/mol. The standard InChI is InChI=1S/C13H21NOS/c1-10-5-6-12(15)11(7-10)8-14-9-13(2,3)16-4/h5-7,14-15H,8-9H2,1-4H3. The van der Waals surface area contributed by atoms with Gasteiger partial charge in [0, 0.05) is 23.4 Å². The smallest absolute Gasteiger partial charge is 0.120 e. The van der Waals surface area contributed by atoms with Crippen LogP contribution in [0.25, 0.3) is 0 Å². The van der Waals surface area contributed by atoms with Gasteiger partial charge in [0.15, 0.2) is 0 Å². The molecule has 0 amide bonds. The monoisotopic (exact) mass is 239 g/mol. The Hall–Kier alpha value is -0.670. The van der Waals surface area contributed by atoms with Gasteiger partial charge in [-0.1, -0.05) is 17.7 Å². The number of hydrogen-bond donors (Lipinski definition) is 2. The average Bonchev–Trinajstić information content (AvgIpc) is 2.23. The average molecular weight is 239 g/mol. The molecule has 0 saturated heterocycles. The fourth-order valence-electron chi connectivity index (χ4n) is 1.43. The fourth-order valence-corrected chi connectivity index (χ4v) is 1.67. The molecule has 2 N–H and O–H groups in total. The van der Waals surface area contributed by atoms with Crippen molar-refractivity contribution in [1.82, 2.24) is 5.32 Å². The Balaban J connectivity index is 2.52. The Morgan fingerprint density at radius 1 is 1.38 bits per heavy atom. The molecular weight excluding hydrogens is 218 g/mol. The maximum absolute atomic E-state index is 9.68. The van der Waals surface area contributed by atoms with E-state index in [1.54, 1.807) is 6.07 Å². The summed E-state index contributed by atoms with van der Waals surface area (Å²) in [5.74, 6) is 0.375. The van der Waals surface area contributed by atoms with Gasteiger partial charge in [0.25, 0.3) is 0 Å². The lowest BCUT2D eigenvalue weighted by Crippen LogP contribution is -2.31. The van der Waals surface area contributed by atoms with Gasteiger partial charge >= 0.3 is 0 Å². The van der Waals surface area contributed by atoms with Crippen molar-refractivity contribution in [2.45, 2.75) is 32.1 Å². The van der Waals surface area contributed by atoms with Crippen molar-refractivity contribution in [1.29, 1.82) is 0 Å². The summed E-state index contributed by atoms with van der Waals surface area (Å²) in [5.41, 5.74) is 2.15. The minimum absolute atomic E-state index is 0.236. The summed E-state index contributed by atoms with van der Waals surface area (Å²) in [6, 6.07) is 5.70. The number of phenols is 1. The maximum Gasteiger partial charge on any atom is 0.120 e. The van der Waals surface area contributed by atoms with Crippen LogP contribution in [0.15, 0.2) is 18.2 Å². The van der Waals surface area contributed by atoms with Crippen molar-refractivity contribution in [2.75, 3.05) is 12.8 Å². The summed E-state index contributed by atoms with van der Waals surface area (Å²) in [6.07, 6.45) is 2.12. The Bertz CT molecular complexity index is 350. The van der Waals surface area contributed by atoms with Crippen LogP contribution in [0.3, 0.4) is 0 Å². The molecule has 0 spiro atoms. The second-order valence-corrected chi connectivity index (χ2v) is 6.21. The van der Waals surface area contributed by atoms with E-state index in [9.17, 15) is 5.11 Å². The van der Waals surface area contributed by atoms with E-state index in [-0.39, 0.29) is 4.75 Å². The van der Waals surface area contributed by atoms with Gasteiger partial charge < -0.3 is 10.4 Å². The highest BCUT2D eigenvalue weighted by Gasteiger charge is 2.15. The molecule has 1 rings (SSSR count). The van der Waals surface area contributed by atoms with Crippen LogP contribution in [0.5, 0.6) is 5.75 Å². The van der Waals surface area contributed by atoms with E-state index in [1.807, 2.05) is 30.8 Å². The van der Waals surface area contributed by atoms with Gasteiger partial charge in [0.2, 0.25) is 0 Å². The minimum Gasteiger partial charge on any atom is -0.508 e. The number of hydrogen-bond acceptors (Lipinski definition) is 3. The van der Waals surface area contributed by atoms with Crippen LogP contribution in [0, 0.1) is 6.92 Å². The lowest BCUT2D eigenvalue weighted by molar-refractivity contribution is 0.462. The van der Waals surface area contributed by atoms with Crippen LogP contribution >= 0.6 is 11.8 Å². The minimum atomic E-state index is 0.236. The van der Waals surface area contributed by atoms with Crippen LogP contribution < -0.4 is 5.32 Å². The van der Waals surface area contributed by atoms with Crippen LogP contribution in [0.1, 0.15) is 25.0 Å². The molecule has 16 heavy (non-hydrogen) atoms. The molecule has 0 unspecified atom stereocenters. The molecule has 0 aliphatic heterocycles. The zero-order valence-electron chi connectivity index (χ0n) is 10.5. The Morgan fingerprint density at radius 2 is 2.06 bits per heavy atom. The Morgan fingerprint density at radius 3 is 2.69 bits per heavy atom. The number of rotatable bonds is 5. The molecule has 0 bridgehead atoms. The normalized spacial score (nSPS) is 11.8. The van der Waals surface area contributed by atoms with E-state index < -0.39 is 0 Å². The van der Waals surface area contributed by atoms with Gasteiger partial charge in [-0.05, 0) is 33.1 Å². The third-order valence-electron chi connectivity index (χ3n) is 2.65. The van der Waals surface area contributed by atoms with Gasteiger partial charge in [-0.15, -0.1) is 0 Å². The van der Waals surface area contributed by atoms with E-state index >= 15 is 0 Å². The first-order chi connectivity index (χ1) is 7.44. The fraction of sp³-hybridized carbons (Fsp3) is 0.538. The molecule has 0 aliphatic carbocycles. The second kappa shape index (κ2) is 5.60. The van der Waals surface area contributed by atoms with Crippen LogP contribution in [0.2, 0.25) is 0 Å². The second-order valence-electron chi connectivity index (χ2n) is 4.70. The number of benzene rings is 1. The van der Waals surface area contributed by atoms with Gasteiger partial charge in [-0.3, -0.25) is 0 Å². The lowest BCUT2D eigenvalue weighted by Gasteiger charge is -2.22. The number of aromatic hydroxyl groups is 1. The molecule has 0 fully saturated rings. The van der Waals surface area contributed by atoms with Crippen molar-refractivity contribution in [2.24, 2.45) is 0 Å². The quantitative estimate of drug-likeness (QED) is 0.828. The van der Waals surface area contributed by atoms with Crippen LogP contribution in [-0.4, -0.2) is 22.7 Å². The summed E-state index contributed by atoms with van der Waals surface area (Å²) in [7, 11) is 0. The number of nitrogens with one attached hydrogen (secondary N) is 1. The van der Waals surface area contributed by atoms with Crippen molar-refractivity contribution < 1.29 is 5.11 Å². The zero-order chi connectivity index (χ0) is 12.2. The molecule has 3 heteroatoms. The summed E-state index contributed by atoms with van der Waals surface area (Å²) in [5, 5.41) is 13.1. The van der Waals surface area contributed by atoms with Crippen molar-refractivity contribution in [3.05, 3.63) is 29.3 Å². The first kappa shape index (κ1) is 13.4. The molecule has 1 aromatic rings. The summed E-state index contributed by atoms with van der Waals surface area (Å²) in [4.78, 5) is 0. The maximum atomic E-state index is 9.68. The molecular formula is C13H21NOS. The van der Waals surface area contributed by atoms with Gasteiger partial charge in [-0.25, -0.2) is 0 Å². The topological polar surface area (TPSA) is 32.3 Å². The summed E-state index contributed by atoms with van der Waals surface area (Å²) in [6.45, 7) is 8.11. The lowest BCUT2D eigenvalue weighted by atomic mass is 10.1. The molecule has 90 valence electrons. The van der Waals surface area contributed by atoms with Crippen molar-refractivity contribution in [3.8, 4) is 5.75 Å².